The number of amides is 2. The molecule has 1 rings (SSSR count). The van der Waals surface area contributed by atoms with Crippen LogP contribution in [0.1, 0.15) is 10.4 Å². The van der Waals surface area contributed by atoms with Crippen LogP contribution >= 0.6 is 22.6 Å². The first-order valence-electron chi connectivity index (χ1n) is 5.23. The second-order valence-corrected chi connectivity index (χ2v) is 5.35. The molecule has 0 bridgehead atoms. The standard InChI is InChI=1S/C12H14FIN2O2/c1-15(2)11(17)7-16(3)12(18)8-4-9(13)6-10(14)5-8/h4-6H,7H2,1-3H3. The molecule has 0 saturated carbocycles. The normalized spacial score (nSPS) is 10.1. The molecule has 2 amide bonds. The predicted molar refractivity (Wildman–Crippen MR) is 74.8 cm³/mol. The van der Waals surface area contributed by atoms with E-state index in [1.54, 1.807) is 20.2 Å². The molecular weight excluding hydrogens is 350 g/mol. The molecule has 0 unspecified atom stereocenters. The van der Waals surface area contributed by atoms with Crippen LogP contribution in [0.2, 0.25) is 0 Å². The van der Waals surface area contributed by atoms with Crippen molar-refractivity contribution in [1.82, 2.24) is 9.80 Å². The van der Waals surface area contributed by atoms with E-state index in [1.165, 1.54) is 29.0 Å². The lowest BCUT2D eigenvalue weighted by Gasteiger charge is -2.19. The first-order chi connectivity index (χ1) is 8.31. The summed E-state index contributed by atoms with van der Waals surface area (Å²) in [6, 6.07) is 4.09. The van der Waals surface area contributed by atoms with Crippen LogP contribution in [0.4, 0.5) is 4.39 Å². The second kappa shape index (κ2) is 6.12. The molecule has 0 N–H and O–H groups in total. The summed E-state index contributed by atoms with van der Waals surface area (Å²) in [5, 5.41) is 0. The van der Waals surface area contributed by atoms with E-state index >= 15 is 0 Å². The molecule has 0 aliphatic heterocycles. The van der Waals surface area contributed by atoms with Crippen LogP contribution in [-0.4, -0.2) is 49.3 Å². The number of hydrogen-bond donors (Lipinski definition) is 0. The fourth-order valence-corrected chi connectivity index (χ4v) is 1.95. The number of likely N-dealkylation sites (N-methyl/N-ethyl adjacent to an activating group) is 2. The van der Waals surface area contributed by atoms with Crippen LogP contribution in [0.25, 0.3) is 0 Å². The van der Waals surface area contributed by atoms with Gasteiger partial charge in [-0.15, -0.1) is 0 Å². The van der Waals surface area contributed by atoms with Crippen LogP contribution in [0.3, 0.4) is 0 Å². The molecule has 0 atom stereocenters. The van der Waals surface area contributed by atoms with Gasteiger partial charge in [0.25, 0.3) is 5.91 Å². The van der Waals surface area contributed by atoms with Gasteiger partial charge < -0.3 is 9.80 Å². The third-order valence-corrected chi connectivity index (χ3v) is 2.95. The smallest absolute Gasteiger partial charge is 0.254 e. The van der Waals surface area contributed by atoms with Gasteiger partial charge in [0.05, 0.1) is 6.54 Å². The highest BCUT2D eigenvalue weighted by Gasteiger charge is 2.16. The zero-order valence-corrected chi connectivity index (χ0v) is 12.6. The molecule has 98 valence electrons. The Morgan fingerprint density at radius 3 is 2.33 bits per heavy atom. The first kappa shape index (κ1) is 14.9. The highest BCUT2D eigenvalue weighted by atomic mass is 127. The maximum atomic E-state index is 13.2. The quantitative estimate of drug-likeness (QED) is 0.765. The summed E-state index contributed by atoms with van der Waals surface area (Å²) in [7, 11) is 4.75. The zero-order valence-electron chi connectivity index (χ0n) is 10.4. The van der Waals surface area contributed by atoms with Crippen molar-refractivity contribution in [3.8, 4) is 0 Å². The summed E-state index contributed by atoms with van der Waals surface area (Å²) in [5.74, 6) is -1.02. The Morgan fingerprint density at radius 1 is 1.22 bits per heavy atom. The fraction of sp³-hybridized carbons (Fsp3) is 0.333. The summed E-state index contributed by atoms with van der Waals surface area (Å²) < 4.78 is 13.8. The van der Waals surface area contributed by atoms with Gasteiger partial charge in [-0.3, -0.25) is 9.59 Å². The van der Waals surface area contributed by atoms with Crippen LogP contribution in [-0.2, 0) is 4.79 Å². The lowest BCUT2D eigenvalue weighted by Crippen LogP contribution is -2.37. The molecule has 0 spiro atoms. The number of benzene rings is 1. The van der Waals surface area contributed by atoms with E-state index in [9.17, 15) is 14.0 Å². The number of rotatable bonds is 3. The molecule has 1 aromatic carbocycles. The minimum absolute atomic E-state index is 0.0288. The largest absolute Gasteiger partial charge is 0.347 e. The molecule has 4 nitrogen and oxygen atoms in total. The Bertz CT molecular complexity index is 457. The van der Waals surface area contributed by atoms with Crippen LogP contribution in [0, 0.1) is 9.39 Å². The number of carbonyl (C=O) groups is 2. The summed E-state index contributed by atoms with van der Waals surface area (Å²) in [6.07, 6.45) is 0. The maximum absolute atomic E-state index is 13.2. The Hall–Kier alpha value is -1.18. The summed E-state index contributed by atoms with van der Waals surface area (Å²) >= 11 is 1.94. The van der Waals surface area contributed by atoms with Crippen LogP contribution in [0.5, 0.6) is 0 Å². The molecule has 0 fully saturated rings. The van der Waals surface area contributed by atoms with Gasteiger partial charge in [-0.05, 0) is 40.8 Å². The summed E-state index contributed by atoms with van der Waals surface area (Å²) in [6.45, 7) is -0.0288. The molecule has 6 heteroatoms. The van der Waals surface area contributed by atoms with Crippen molar-refractivity contribution in [3.05, 3.63) is 33.1 Å². The summed E-state index contributed by atoms with van der Waals surface area (Å²) in [4.78, 5) is 26.1. The lowest BCUT2D eigenvalue weighted by atomic mass is 10.2. The van der Waals surface area contributed by atoms with Gasteiger partial charge in [-0.2, -0.15) is 0 Å². The molecular formula is C12H14FIN2O2. The Labute approximate surface area is 119 Å². The van der Waals surface area contributed by atoms with E-state index in [1.807, 2.05) is 22.6 Å². The average molecular weight is 364 g/mol. The van der Waals surface area contributed by atoms with Gasteiger partial charge in [0.15, 0.2) is 0 Å². The van der Waals surface area contributed by atoms with Crippen molar-refractivity contribution in [2.75, 3.05) is 27.7 Å². The Morgan fingerprint density at radius 2 is 1.83 bits per heavy atom. The molecule has 18 heavy (non-hydrogen) atoms. The minimum Gasteiger partial charge on any atom is -0.347 e. The van der Waals surface area contributed by atoms with E-state index < -0.39 is 5.82 Å². The third kappa shape index (κ3) is 3.94. The zero-order chi connectivity index (χ0) is 13.9. The molecule has 0 saturated heterocycles. The SMILES string of the molecule is CN(C)C(=O)CN(C)C(=O)c1cc(F)cc(I)c1. The van der Waals surface area contributed by atoms with E-state index in [2.05, 4.69) is 0 Å². The van der Waals surface area contributed by atoms with Gasteiger partial charge in [0.2, 0.25) is 5.91 Å². The number of nitrogens with zero attached hydrogens (tertiary/aromatic N) is 2. The molecule has 0 aliphatic rings. The average Bonchev–Trinajstić information content (AvgIpc) is 2.26. The Balaban J connectivity index is 2.83. The minimum atomic E-state index is -0.461. The topological polar surface area (TPSA) is 40.6 Å². The van der Waals surface area contributed by atoms with Crippen molar-refractivity contribution in [1.29, 1.82) is 0 Å². The van der Waals surface area contributed by atoms with Gasteiger partial charge >= 0.3 is 0 Å². The lowest BCUT2D eigenvalue weighted by molar-refractivity contribution is -0.129. The highest BCUT2D eigenvalue weighted by molar-refractivity contribution is 14.1. The number of hydrogen-bond acceptors (Lipinski definition) is 2. The molecule has 0 aliphatic carbocycles. The molecule has 0 heterocycles. The molecule has 0 aromatic heterocycles. The van der Waals surface area contributed by atoms with E-state index in [0.717, 1.165) is 0 Å². The monoisotopic (exact) mass is 364 g/mol. The number of carbonyl (C=O) groups excluding carboxylic acids is 2. The first-order valence-corrected chi connectivity index (χ1v) is 6.31. The van der Waals surface area contributed by atoms with E-state index in [0.29, 0.717) is 3.57 Å². The highest BCUT2D eigenvalue weighted by Crippen LogP contribution is 2.13. The van der Waals surface area contributed by atoms with Crippen molar-refractivity contribution in [3.63, 3.8) is 0 Å². The second-order valence-electron chi connectivity index (χ2n) is 4.11. The van der Waals surface area contributed by atoms with Crippen LogP contribution in [0.15, 0.2) is 18.2 Å². The van der Waals surface area contributed by atoms with Crippen LogP contribution < -0.4 is 0 Å². The fourth-order valence-electron chi connectivity index (χ4n) is 1.31. The molecule has 0 radical (unpaired) electrons. The summed E-state index contributed by atoms with van der Waals surface area (Å²) in [5.41, 5.74) is 0.244. The molecule has 1 aromatic rings. The van der Waals surface area contributed by atoms with Crippen molar-refractivity contribution in [2.24, 2.45) is 0 Å². The van der Waals surface area contributed by atoms with Gasteiger partial charge in [0.1, 0.15) is 5.82 Å². The Kier molecular flexibility index (Phi) is 5.06. The van der Waals surface area contributed by atoms with Gasteiger partial charge in [-0.1, -0.05) is 0 Å². The maximum Gasteiger partial charge on any atom is 0.254 e. The van der Waals surface area contributed by atoms with Crippen molar-refractivity contribution < 1.29 is 14.0 Å². The predicted octanol–water partition coefficient (Wildman–Crippen LogP) is 1.59. The van der Waals surface area contributed by atoms with E-state index in [-0.39, 0.29) is 23.9 Å². The van der Waals surface area contributed by atoms with Gasteiger partial charge in [0, 0.05) is 30.3 Å². The van der Waals surface area contributed by atoms with Crippen molar-refractivity contribution >= 4 is 34.4 Å². The van der Waals surface area contributed by atoms with Gasteiger partial charge in [-0.25, -0.2) is 4.39 Å². The van der Waals surface area contributed by atoms with E-state index in [4.69, 9.17) is 0 Å². The third-order valence-electron chi connectivity index (χ3n) is 2.33. The van der Waals surface area contributed by atoms with Crippen molar-refractivity contribution in [2.45, 2.75) is 0 Å². The number of halogens is 2.